The molecule has 2 N–H and O–H groups in total. The zero-order valence-electron chi connectivity index (χ0n) is 15.6. The molecular formula is C21H23N5O2. The Labute approximate surface area is 163 Å². The number of fused-ring (bicyclic) bond motifs is 1. The van der Waals surface area contributed by atoms with Crippen LogP contribution >= 0.6 is 0 Å². The quantitative estimate of drug-likeness (QED) is 0.718. The lowest BCUT2D eigenvalue weighted by molar-refractivity contribution is 0.0793. The molecule has 4 rings (SSSR count). The highest BCUT2D eigenvalue weighted by Crippen LogP contribution is 2.16. The van der Waals surface area contributed by atoms with Crippen molar-refractivity contribution in [2.45, 2.75) is 19.3 Å². The van der Waals surface area contributed by atoms with Crippen molar-refractivity contribution in [3.8, 4) is 0 Å². The lowest BCUT2D eigenvalue weighted by atomic mass is 10.2. The second kappa shape index (κ2) is 8.12. The number of benzene rings is 1. The maximum Gasteiger partial charge on any atom is 0.319 e. The predicted octanol–water partition coefficient (Wildman–Crippen LogP) is 2.93. The van der Waals surface area contributed by atoms with Crippen LogP contribution < -0.4 is 10.6 Å². The highest BCUT2D eigenvalue weighted by Gasteiger charge is 2.19. The molecule has 3 amide bonds. The minimum absolute atomic E-state index is 0.0217. The molecule has 2 aromatic heterocycles. The van der Waals surface area contributed by atoms with Gasteiger partial charge in [0.15, 0.2) is 0 Å². The number of aromatic nitrogens is 2. The van der Waals surface area contributed by atoms with Gasteiger partial charge in [-0.05, 0) is 43.2 Å². The summed E-state index contributed by atoms with van der Waals surface area (Å²) in [5, 5.41) is 5.63. The van der Waals surface area contributed by atoms with Gasteiger partial charge in [-0.1, -0.05) is 12.1 Å². The minimum Gasteiger partial charge on any atom is -0.339 e. The van der Waals surface area contributed by atoms with Crippen LogP contribution in [0.4, 0.5) is 10.5 Å². The lowest BCUT2D eigenvalue weighted by Gasteiger charge is -2.16. The topological polar surface area (TPSA) is 78.7 Å². The third-order valence-corrected chi connectivity index (χ3v) is 4.84. The van der Waals surface area contributed by atoms with Gasteiger partial charge in [0.1, 0.15) is 5.65 Å². The van der Waals surface area contributed by atoms with Crippen LogP contribution in [-0.2, 0) is 6.42 Å². The Balaban J connectivity index is 1.29. The highest BCUT2D eigenvalue weighted by atomic mass is 16.2. The third kappa shape index (κ3) is 4.14. The second-order valence-corrected chi connectivity index (χ2v) is 6.91. The van der Waals surface area contributed by atoms with Crippen molar-refractivity contribution < 1.29 is 9.59 Å². The normalized spacial score (nSPS) is 13.6. The number of hydrogen-bond acceptors (Lipinski definition) is 3. The van der Waals surface area contributed by atoms with E-state index in [1.165, 1.54) is 0 Å². The number of imidazole rings is 1. The van der Waals surface area contributed by atoms with E-state index >= 15 is 0 Å². The smallest absolute Gasteiger partial charge is 0.319 e. The number of nitrogens with one attached hydrogen (secondary N) is 2. The second-order valence-electron chi connectivity index (χ2n) is 6.91. The van der Waals surface area contributed by atoms with Gasteiger partial charge in [-0.3, -0.25) is 4.79 Å². The van der Waals surface area contributed by atoms with E-state index in [0.29, 0.717) is 24.2 Å². The fraction of sp³-hybridized carbons (Fsp3) is 0.286. The standard InChI is InChI=1S/C21H23N5O2/c27-20(25-11-3-4-12-25)16-6-5-7-17(14-16)24-21(28)22-10-9-18-15-26-13-2-1-8-19(26)23-18/h1-2,5-8,13-15H,3-4,9-12H2,(H2,22,24,28). The predicted molar refractivity (Wildman–Crippen MR) is 107 cm³/mol. The first-order chi connectivity index (χ1) is 13.7. The van der Waals surface area contributed by atoms with Crippen LogP contribution in [0.1, 0.15) is 28.9 Å². The molecule has 0 aliphatic carbocycles. The minimum atomic E-state index is -0.297. The Kier molecular flexibility index (Phi) is 5.23. The molecule has 0 atom stereocenters. The van der Waals surface area contributed by atoms with E-state index in [2.05, 4.69) is 15.6 Å². The maximum absolute atomic E-state index is 12.5. The van der Waals surface area contributed by atoms with Crippen molar-refractivity contribution in [3.05, 3.63) is 66.1 Å². The van der Waals surface area contributed by atoms with E-state index in [-0.39, 0.29) is 11.9 Å². The summed E-state index contributed by atoms with van der Waals surface area (Å²) in [6.07, 6.45) is 6.66. The average Bonchev–Trinajstić information content (AvgIpc) is 3.37. The van der Waals surface area contributed by atoms with Crippen molar-refractivity contribution in [2.24, 2.45) is 0 Å². The van der Waals surface area contributed by atoms with Crippen LogP contribution in [0.5, 0.6) is 0 Å². The summed E-state index contributed by atoms with van der Waals surface area (Å²) in [4.78, 5) is 31.0. The first-order valence-electron chi connectivity index (χ1n) is 9.56. The number of nitrogens with zero attached hydrogens (tertiary/aromatic N) is 3. The Morgan fingerprint density at radius 3 is 2.75 bits per heavy atom. The van der Waals surface area contributed by atoms with Crippen molar-refractivity contribution in [3.63, 3.8) is 0 Å². The van der Waals surface area contributed by atoms with E-state index in [1.807, 2.05) is 39.9 Å². The molecule has 1 fully saturated rings. The van der Waals surface area contributed by atoms with Crippen molar-refractivity contribution in [2.75, 3.05) is 25.0 Å². The van der Waals surface area contributed by atoms with Crippen LogP contribution in [0.3, 0.4) is 0 Å². The van der Waals surface area contributed by atoms with E-state index in [0.717, 1.165) is 37.3 Å². The molecule has 144 valence electrons. The molecule has 0 unspecified atom stereocenters. The number of carbonyl (C=O) groups is 2. The zero-order valence-corrected chi connectivity index (χ0v) is 15.6. The maximum atomic E-state index is 12.5. The van der Waals surface area contributed by atoms with Gasteiger partial charge < -0.3 is 19.9 Å². The molecule has 0 bridgehead atoms. The SMILES string of the molecule is O=C(NCCc1cn2ccccc2n1)Nc1cccc(C(=O)N2CCCC2)c1. The molecule has 3 aromatic rings. The first kappa shape index (κ1) is 18.0. The van der Waals surface area contributed by atoms with Crippen molar-refractivity contribution in [1.82, 2.24) is 19.6 Å². The number of carbonyl (C=O) groups excluding carboxylic acids is 2. The van der Waals surface area contributed by atoms with E-state index in [4.69, 9.17) is 0 Å². The van der Waals surface area contributed by atoms with Crippen molar-refractivity contribution in [1.29, 1.82) is 0 Å². The summed E-state index contributed by atoms with van der Waals surface area (Å²) in [7, 11) is 0. The molecule has 7 nitrogen and oxygen atoms in total. The molecule has 1 aromatic carbocycles. The fourth-order valence-corrected chi connectivity index (χ4v) is 3.42. The summed E-state index contributed by atoms with van der Waals surface area (Å²) in [6, 6.07) is 12.6. The molecule has 28 heavy (non-hydrogen) atoms. The molecule has 1 saturated heterocycles. The number of pyridine rings is 1. The number of likely N-dealkylation sites (tertiary alicyclic amines) is 1. The van der Waals surface area contributed by atoms with Gasteiger partial charge in [0.05, 0.1) is 5.69 Å². The van der Waals surface area contributed by atoms with Crippen LogP contribution in [-0.4, -0.2) is 45.9 Å². The molecular weight excluding hydrogens is 354 g/mol. The molecule has 7 heteroatoms. The summed E-state index contributed by atoms with van der Waals surface area (Å²) in [5.74, 6) is 0.0217. The molecule has 1 aliphatic rings. The van der Waals surface area contributed by atoms with Crippen LogP contribution in [0.2, 0.25) is 0 Å². The van der Waals surface area contributed by atoms with E-state index in [9.17, 15) is 9.59 Å². The number of rotatable bonds is 5. The Morgan fingerprint density at radius 1 is 1.07 bits per heavy atom. The molecule has 0 radical (unpaired) electrons. The monoisotopic (exact) mass is 377 g/mol. The average molecular weight is 377 g/mol. The molecule has 0 saturated carbocycles. The number of urea groups is 1. The van der Waals surface area contributed by atoms with Crippen molar-refractivity contribution >= 4 is 23.3 Å². The summed E-state index contributed by atoms with van der Waals surface area (Å²) < 4.78 is 1.96. The number of amides is 3. The lowest BCUT2D eigenvalue weighted by Crippen LogP contribution is -2.31. The fourth-order valence-electron chi connectivity index (χ4n) is 3.42. The third-order valence-electron chi connectivity index (χ3n) is 4.84. The molecule has 0 spiro atoms. The van der Waals surface area contributed by atoms with Gasteiger partial charge in [-0.15, -0.1) is 0 Å². The number of hydrogen-bond donors (Lipinski definition) is 2. The molecule has 3 heterocycles. The van der Waals surface area contributed by atoms with Gasteiger partial charge >= 0.3 is 6.03 Å². The van der Waals surface area contributed by atoms with Gasteiger partial charge in [0, 0.05) is 49.7 Å². The van der Waals surface area contributed by atoms with Gasteiger partial charge in [0.2, 0.25) is 0 Å². The summed E-state index contributed by atoms with van der Waals surface area (Å²) in [5.41, 5.74) is 3.02. The Bertz CT molecular complexity index is 958. The van der Waals surface area contributed by atoms with Crippen LogP contribution in [0, 0.1) is 0 Å². The van der Waals surface area contributed by atoms with Gasteiger partial charge in [-0.25, -0.2) is 9.78 Å². The Morgan fingerprint density at radius 2 is 1.93 bits per heavy atom. The summed E-state index contributed by atoms with van der Waals surface area (Å²) >= 11 is 0. The largest absolute Gasteiger partial charge is 0.339 e. The summed E-state index contributed by atoms with van der Waals surface area (Å²) in [6.45, 7) is 2.09. The Hall–Kier alpha value is -3.35. The highest BCUT2D eigenvalue weighted by molar-refractivity contribution is 5.97. The van der Waals surface area contributed by atoms with Gasteiger partial charge in [0.25, 0.3) is 5.91 Å². The van der Waals surface area contributed by atoms with Crippen LogP contribution in [0.25, 0.3) is 5.65 Å². The molecule has 1 aliphatic heterocycles. The van der Waals surface area contributed by atoms with Crippen LogP contribution in [0.15, 0.2) is 54.9 Å². The number of anilines is 1. The van der Waals surface area contributed by atoms with Gasteiger partial charge in [-0.2, -0.15) is 0 Å². The first-order valence-corrected chi connectivity index (χ1v) is 9.56. The zero-order chi connectivity index (χ0) is 19.3. The van der Waals surface area contributed by atoms with E-state index < -0.39 is 0 Å². The van der Waals surface area contributed by atoms with E-state index in [1.54, 1.807) is 24.3 Å².